The molecule has 0 aliphatic carbocycles. The summed E-state index contributed by atoms with van der Waals surface area (Å²) < 4.78 is 4.87. The summed E-state index contributed by atoms with van der Waals surface area (Å²) >= 11 is 0. The lowest BCUT2D eigenvalue weighted by atomic mass is 10.1. The molecule has 0 aromatic heterocycles. The van der Waals surface area contributed by atoms with Crippen LogP contribution < -0.4 is 15.8 Å². The van der Waals surface area contributed by atoms with E-state index in [0.29, 0.717) is 11.1 Å². The van der Waals surface area contributed by atoms with Crippen LogP contribution in [0.3, 0.4) is 0 Å². The maximum atomic E-state index is 12.2. The Balaban J connectivity index is 1.83. The van der Waals surface area contributed by atoms with E-state index >= 15 is 0 Å². The van der Waals surface area contributed by atoms with Gasteiger partial charge in [0, 0.05) is 36.0 Å². The van der Waals surface area contributed by atoms with E-state index in [0.717, 1.165) is 18.8 Å². The minimum Gasteiger partial charge on any atom is -0.452 e. The number of amides is 2. The molecule has 164 valence electrons. The third-order valence-electron chi connectivity index (χ3n) is 4.54. The summed E-state index contributed by atoms with van der Waals surface area (Å²) in [6, 6.07) is 10.7. The van der Waals surface area contributed by atoms with E-state index in [1.807, 2.05) is 26.0 Å². The van der Waals surface area contributed by atoms with Gasteiger partial charge in [-0.05, 0) is 57.2 Å². The van der Waals surface area contributed by atoms with Crippen molar-refractivity contribution in [2.75, 3.05) is 24.6 Å². The topological polar surface area (TPSA) is 131 Å². The van der Waals surface area contributed by atoms with Crippen LogP contribution >= 0.6 is 0 Å². The van der Waals surface area contributed by atoms with E-state index < -0.39 is 29.3 Å². The van der Waals surface area contributed by atoms with Crippen LogP contribution in [0.2, 0.25) is 0 Å². The molecule has 0 bridgehead atoms. The monoisotopic (exact) mass is 428 g/mol. The number of esters is 1. The highest BCUT2D eigenvalue weighted by atomic mass is 16.6. The lowest BCUT2D eigenvalue weighted by Gasteiger charge is -2.21. The number of benzene rings is 2. The first-order valence-electron chi connectivity index (χ1n) is 9.63. The van der Waals surface area contributed by atoms with Gasteiger partial charge in [0.1, 0.15) is 0 Å². The third kappa shape index (κ3) is 6.26. The van der Waals surface area contributed by atoms with Crippen LogP contribution in [0.5, 0.6) is 0 Å². The Hall–Kier alpha value is -3.95. The summed E-state index contributed by atoms with van der Waals surface area (Å²) in [5.74, 6) is -2.07. The molecule has 0 fully saturated rings. The molecule has 0 aliphatic rings. The van der Waals surface area contributed by atoms with Crippen LogP contribution in [0.1, 0.15) is 40.1 Å². The van der Waals surface area contributed by atoms with Crippen molar-refractivity contribution in [3.8, 4) is 0 Å². The van der Waals surface area contributed by atoms with E-state index in [9.17, 15) is 24.5 Å². The van der Waals surface area contributed by atoms with Gasteiger partial charge in [0.2, 0.25) is 0 Å². The second kappa shape index (κ2) is 10.7. The highest BCUT2D eigenvalue weighted by Gasteiger charge is 2.16. The number of anilines is 1. The molecule has 0 atom stereocenters. The molecular formula is C21H24N4O6. The van der Waals surface area contributed by atoms with Crippen molar-refractivity contribution in [2.24, 2.45) is 0 Å². The van der Waals surface area contributed by atoms with Crippen molar-refractivity contribution >= 4 is 29.2 Å². The van der Waals surface area contributed by atoms with Crippen LogP contribution in [-0.4, -0.2) is 42.4 Å². The Morgan fingerprint density at radius 3 is 2.16 bits per heavy atom. The average molecular weight is 428 g/mol. The van der Waals surface area contributed by atoms with Crippen molar-refractivity contribution < 1.29 is 24.0 Å². The van der Waals surface area contributed by atoms with Gasteiger partial charge in [0.25, 0.3) is 17.5 Å². The molecular weight excluding hydrogens is 404 g/mol. The van der Waals surface area contributed by atoms with Crippen LogP contribution in [-0.2, 0) is 9.53 Å². The molecule has 2 N–H and O–H groups in total. The summed E-state index contributed by atoms with van der Waals surface area (Å²) in [5.41, 5.74) is 6.01. The number of carbonyl (C=O) groups is 3. The molecule has 0 heterocycles. The number of hydrogen-bond acceptors (Lipinski definition) is 7. The van der Waals surface area contributed by atoms with Crippen LogP contribution in [0.25, 0.3) is 0 Å². The molecule has 31 heavy (non-hydrogen) atoms. The first kappa shape index (κ1) is 23.3. The Bertz CT molecular complexity index is 970. The van der Waals surface area contributed by atoms with E-state index in [4.69, 9.17) is 4.74 Å². The van der Waals surface area contributed by atoms with Gasteiger partial charge in [-0.2, -0.15) is 0 Å². The third-order valence-corrected chi connectivity index (χ3v) is 4.54. The van der Waals surface area contributed by atoms with Gasteiger partial charge in [-0.25, -0.2) is 4.79 Å². The molecule has 0 saturated carbocycles. The Labute approximate surface area is 179 Å². The Morgan fingerprint density at radius 1 is 1.00 bits per heavy atom. The number of nitro benzene ring substituents is 1. The number of carbonyl (C=O) groups excluding carboxylic acids is 3. The predicted octanol–water partition coefficient (Wildman–Crippen LogP) is 2.37. The molecule has 0 aliphatic heterocycles. The summed E-state index contributed by atoms with van der Waals surface area (Å²) in [6.07, 6.45) is 0. The summed E-state index contributed by atoms with van der Waals surface area (Å²) in [6.45, 7) is 6.62. The molecule has 10 heteroatoms. The minimum atomic E-state index is -0.813. The Kier molecular flexibility index (Phi) is 8.07. The fraction of sp³-hybridized carbons (Fsp3) is 0.286. The SMILES string of the molecule is CCN(CC)c1ccc(C(=O)NNC(=O)COC(=O)c2ccc([N+](=O)[O-])c(C)c2)cc1. The van der Waals surface area contributed by atoms with Crippen LogP contribution in [0.15, 0.2) is 42.5 Å². The zero-order valence-electron chi connectivity index (χ0n) is 17.5. The van der Waals surface area contributed by atoms with Crippen LogP contribution in [0, 0.1) is 17.0 Å². The average Bonchev–Trinajstić information content (AvgIpc) is 2.76. The van der Waals surface area contributed by atoms with Crippen LogP contribution in [0.4, 0.5) is 11.4 Å². The van der Waals surface area contributed by atoms with Crippen molar-refractivity contribution in [3.05, 3.63) is 69.3 Å². The number of ether oxygens (including phenoxy) is 1. The fourth-order valence-corrected chi connectivity index (χ4v) is 2.85. The molecule has 2 aromatic carbocycles. The molecule has 0 saturated heterocycles. The van der Waals surface area contributed by atoms with E-state index in [1.54, 1.807) is 12.1 Å². The first-order chi connectivity index (χ1) is 14.8. The van der Waals surface area contributed by atoms with Gasteiger partial charge in [0.05, 0.1) is 10.5 Å². The number of rotatable bonds is 8. The van der Waals surface area contributed by atoms with Gasteiger partial charge >= 0.3 is 5.97 Å². The van der Waals surface area contributed by atoms with Crippen molar-refractivity contribution in [1.29, 1.82) is 0 Å². The molecule has 2 aromatic rings. The maximum absolute atomic E-state index is 12.2. The molecule has 0 unspecified atom stereocenters. The lowest BCUT2D eigenvalue weighted by Crippen LogP contribution is -2.43. The summed E-state index contributed by atoms with van der Waals surface area (Å²) in [4.78, 5) is 48.4. The van der Waals surface area contributed by atoms with Crippen molar-refractivity contribution in [1.82, 2.24) is 10.9 Å². The zero-order chi connectivity index (χ0) is 23.0. The summed E-state index contributed by atoms with van der Waals surface area (Å²) in [7, 11) is 0. The number of aryl methyl sites for hydroxylation is 1. The molecule has 2 amide bonds. The number of hydrogen-bond donors (Lipinski definition) is 2. The lowest BCUT2D eigenvalue weighted by molar-refractivity contribution is -0.385. The zero-order valence-corrected chi connectivity index (χ0v) is 17.5. The number of nitro groups is 1. The highest BCUT2D eigenvalue weighted by Crippen LogP contribution is 2.19. The number of hydrazine groups is 1. The second-order valence-corrected chi connectivity index (χ2v) is 6.56. The van der Waals surface area contributed by atoms with Gasteiger partial charge in [-0.3, -0.25) is 30.6 Å². The maximum Gasteiger partial charge on any atom is 0.338 e. The number of nitrogens with one attached hydrogen (secondary N) is 2. The van der Waals surface area contributed by atoms with Gasteiger partial charge in [-0.1, -0.05) is 0 Å². The Morgan fingerprint density at radius 2 is 1.61 bits per heavy atom. The molecule has 0 radical (unpaired) electrons. The highest BCUT2D eigenvalue weighted by molar-refractivity contribution is 5.96. The second-order valence-electron chi connectivity index (χ2n) is 6.56. The standard InChI is InChI=1S/C21H24N4O6/c1-4-24(5-2)17-9-6-15(7-10-17)20(27)23-22-19(26)13-31-21(28)16-8-11-18(25(29)30)14(3)12-16/h6-12H,4-5,13H2,1-3H3,(H,22,26)(H,23,27). The normalized spacial score (nSPS) is 10.2. The molecule has 0 spiro atoms. The van der Waals surface area contributed by atoms with E-state index in [-0.39, 0.29) is 11.3 Å². The molecule has 10 nitrogen and oxygen atoms in total. The van der Waals surface area contributed by atoms with Crippen molar-refractivity contribution in [2.45, 2.75) is 20.8 Å². The first-order valence-corrected chi connectivity index (χ1v) is 9.63. The number of nitrogens with zero attached hydrogens (tertiary/aromatic N) is 2. The fourth-order valence-electron chi connectivity index (χ4n) is 2.85. The van der Waals surface area contributed by atoms with Crippen molar-refractivity contribution in [3.63, 3.8) is 0 Å². The quantitative estimate of drug-likeness (QED) is 0.375. The van der Waals surface area contributed by atoms with Gasteiger partial charge < -0.3 is 9.64 Å². The predicted molar refractivity (Wildman–Crippen MR) is 114 cm³/mol. The smallest absolute Gasteiger partial charge is 0.338 e. The largest absolute Gasteiger partial charge is 0.452 e. The van der Waals surface area contributed by atoms with Gasteiger partial charge in [-0.15, -0.1) is 0 Å². The van der Waals surface area contributed by atoms with E-state index in [2.05, 4.69) is 15.8 Å². The molecule has 2 rings (SSSR count). The minimum absolute atomic E-state index is 0.0771. The van der Waals surface area contributed by atoms with Gasteiger partial charge in [0.15, 0.2) is 6.61 Å². The van der Waals surface area contributed by atoms with E-state index in [1.165, 1.54) is 25.1 Å². The summed E-state index contributed by atoms with van der Waals surface area (Å²) in [5, 5.41) is 10.8.